The van der Waals surface area contributed by atoms with Crippen molar-refractivity contribution in [1.29, 1.82) is 0 Å². The first-order valence-corrected chi connectivity index (χ1v) is 9.68. The second-order valence-electron chi connectivity index (χ2n) is 6.15. The summed E-state index contributed by atoms with van der Waals surface area (Å²) >= 11 is 0. The fraction of sp³-hybridized carbons (Fsp3) is 0.562. The molecule has 0 radical (unpaired) electrons. The van der Waals surface area contributed by atoms with Crippen LogP contribution in [-0.4, -0.2) is 46.4 Å². The van der Waals surface area contributed by atoms with Gasteiger partial charge in [0.2, 0.25) is 10.0 Å². The Balaban J connectivity index is 2.68. The lowest BCUT2D eigenvalue weighted by molar-refractivity contribution is 0.414. The molecule has 0 heterocycles. The van der Waals surface area contributed by atoms with Crippen molar-refractivity contribution in [3.8, 4) is 5.75 Å². The standard InChI is InChI=1S/C16H28N4O3S/c1-6-17-15(19-12-16(2,3)20-24(5,21)22)18-11-13-7-9-14(23-4)10-8-13/h7-10,20H,6,11-12H2,1-5H3,(H2,17,18,19). The van der Waals surface area contributed by atoms with E-state index in [-0.39, 0.29) is 0 Å². The number of aliphatic imine (C=N–C) groups is 1. The van der Waals surface area contributed by atoms with Crippen LogP contribution in [0.3, 0.4) is 0 Å². The molecule has 0 amide bonds. The predicted octanol–water partition coefficient (Wildman–Crippen LogP) is 1.08. The number of benzene rings is 1. The van der Waals surface area contributed by atoms with Gasteiger partial charge in [0, 0.05) is 18.6 Å². The van der Waals surface area contributed by atoms with Gasteiger partial charge in [-0.3, -0.25) is 0 Å². The van der Waals surface area contributed by atoms with Crippen LogP contribution in [0.5, 0.6) is 5.75 Å². The quantitative estimate of drug-likeness (QED) is 0.479. The average molecular weight is 356 g/mol. The summed E-state index contributed by atoms with van der Waals surface area (Å²) in [4.78, 5) is 4.52. The molecule has 3 N–H and O–H groups in total. The highest BCUT2D eigenvalue weighted by molar-refractivity contribution is 7.88. The van der Waals surface area contributed by atoms with E-state index < -0.39 is 15.6 Å². The number of sulfonamides is 1. The summed E-state index contributed by atoms with van der Waals surface area (Å²) in [5, 5.41) is 6.31. The highest BCUT2D eigenvalue weighted by atomic mass is 32.2. The topological polar surface area (TPSA) is 91.8 Å². The van der Waals surface area contributed by atoms with Crippen molar-refractivity contribution in [3.05, 3.63) is 29.8 Å². The molecule has 7 nitrogen and oxygen atoms in total. The van der Waals surface area contributed by atoms with E-state index in [0.29, 0.717) is 25.6 Å². The van der Waals surface area contributed by atoms with Crippen LogP contribution in [0, 0.1) is 0 Å². The number of rotatable bonds is 8. The van der Waals surface area contributed by atoms with Crippen LogP contribution in [0.1, 0.15) is 26.3 Å². The van der Waals surface area contributed by atoms with Gasteiger partial charge in [-0.25, -0.2) is 18.1 Å². The maximum absolute atomic E-state index is 11.4. The molecule has 24 heavy (non-hydrogen) atoms. The lowest BCUT2D eigenvalue weighted by atomic mass is 10.1. The number of guanidine groups is 1. The Hall–Kier alpha value is -1.80. The molecule has 8 heteroatoms. The van der Waals surface area contributed by atoms with Crippen LogP contribution in [0.2, 0.25) is 0 Å². The molecule has 0 atom stereocenters. The molecule has 0 unspecified atom stereocenters. The lowest BCUT2D eigenvalue weighted by Crippen LogP contribution is -2.53. The highest BCUT2D eigenvalue weighted by Crippen LogP contribution is 2.11. The predicted molar refractivity (Wildman–Crippen MR) is 97.9 cm³/mol. The van der Waals surface area contributed by atoms with Crippen LogP contribution < -0.4 is 20.1 Å². The summed E-state index contributed by atoms with van der Waals surface area (Å²) < 4.78 is 30.5. The number of hydrogen-bond acceptors (Lipinski definition) is 4. The van der Waals surface area contributed by atoms with Gasteiger partial charge in [-0.2, -0.15) is 0 Å². The van der Waals surface area contributed by atoms with Gasteiger partial charge in [0.25, 0.3) is 0 Å². The molecule has 0 aliphatic heterocycles. The second kappa shape index (κ2) is 8.89. The SMILES string of the molecule is CCNC(=NCc1ccc(OC)cc1)NCC(C)(C)NS(C)(=O)=O. The number of nitrogens with one attached hydrogen (secondary N) is 3. The number of nitrogens with zero attached hydrogens (tertiary/aromatic N) is 1. The first-order valence-electron chi connectivity index (χ1n) is 7.79. The highest BCUT2D eigenvalue weighted by Gasteiger charge is 2.22. The van der Waals surface area contributed by atoms with E-state index in [4.69, 9.17) is 4.74 Å². The smallest absolute Gasteiger partial charge is 0.209 e. The van der Waals surface area contributed by atoms with Gasteiger partial charge in [-0.15, -0.1) is 0 Å². The van der Waals surface area contributed by atoms with Crippen LogP contribution >= 0.6 is 0 Å². The molecule has 1 rings (SSSR count). The zero-order valence-corrected chi connectivity index (χ0v) is 15.8. The average Bonchev–Trinajstić information content (AvgIpc) is 2.48. The lowest BCUT2D eigenvalue weighted by Gasteiger charge is -2.26. The third kappa shape index (κ3) is 8.16. The summed E-state index contributed by atoms with van der Waals surface area (Å²) in [5.74, 6) is 1.44. The monoisotopic (exact) mass is 356 g/mol. The minimum atomic E-state index is -3.27. The fourth-order valence-electron chi connectivity index (χ4n) is 2.09. The Morgan fingerprint density at radius 1 is 1.21 bits per heavy atom. The molecule has 0 fully saturated rings. The van der Waals surface area contributed by atoms with Gasteiger partial charge in [-0.1, -0.05) is 12.1 Å². The van der Waals surface area contributed by atoms with Crippen LogP contribution in [-0.2, 0) is 16.6 Å². The Kier molecular flexibility index (Phi) is 7.50. The molecule has 0 saturated heterocycles. The number of methoxy groups -OCH3 is 1. The number of hydrogen-bond donors (Lipinski definition) is 3. The van der Waals surface area contributed by atoms with Gasteiger partial charge in [0.15, 0.2) is 5.96 Å². The van der Waals surface area contributed by atoms with Gasteiger partial charge in [0.1, 0.15) is 5.75 Å². The van der Waals surface area contributed by atoms with Crippen molar-refractivity contribution in [1.82, 2.24) is 15.4 Å². The Bertz CT molecular complexity index is 640. The summed E-state index contributed by atoms with van der Waals surface area (Å²) in [7, 11) is -1.63. The molecule has 0 spiro atoms. The van der Waals surface area contributed by atoms with Crippen LogP contribution in [0.4, 0.5) is 0 Å². The van der Waals surface area contributed by atoms with Crippen molar-refractivity contribution in [3.63, 3.8) is 0 Å². The third-order valence-corrected chi connectivity index (χ3v) is 4.01. The molecule has 1 aromatic carbocycles. The van der Waals surface area contributed by atoms with Gasteiger partial charge in [-0.05, 0) is 38.5 Å². The second-order valence-corrected chi connectivity index (χ2v) is 7.90. The molecular formula is C16H28N4O3S. The summed E-state index contributed by atoms with van der Waals surface area (Å²) in [5.41, 5.74) is 0.436. The molecule has 0 bridgehead atoms. The Labute approximate surface area is 145 Å². The van der Waals surface area contributed by atoms with E-state index in [9.17, 15) is 8.42 Å². The summed E-state index contributed by atoms with van der Waals surface area (Å²) in [6, 6.07) is 7.71. The maximum Gasteiger partial charge on any atom is 0.209 e. The van der Waals surface area contributed by atoms with Crippen molar-refractivity contribution in [2.45, 2.75) is 32.9 Å². The van der Waals surface area contributed by atoms with E-state index in [2.05, 4.69) is 20.3 Å². The van der Waals surface area contributed by atoms with Crippen molar-refractivity contribution < 1.29 is 13.2 Å². The van der Waals surface area contributed by atoms with Gasteiger partial charge >= 0.3 is 0 Å². The van der Waals surface area contributed by atoms with E-state index >= 15 is 0 Å². The Morgan fingerprint density at radius 3 is 2.33 bits per heavy atom. The summed E-state index contributed by atoms with van der Waals surface area (Å²) in [6.45, 7) is 7.24. The molecule has 136 valence electrons. The largest absolute Gasteiger partial charge is 0.497 e. The molecule has 1 aromatic rings. The molecular weight excluding hydrogens is 328 g/mol. The van der Waals surface area contributed by atoms with Crippen molar-refractivity contribution in [2.75, 3.05) is 26.5 Å². The first kappa shape index (κ1) is 20.2. The zero-order valence-electron chi connectivity index (χ0n) is 15.0. The van der Waals surface area contributed by atoms with E-state index in [0.717, 1.165) is 17.6 Å². The first-order chi connectivity index (χ1) is 11.1. The van der Waals surface area contributed by atoms with Crippen LogP contribution in [0.25, 0.3) is 0 Å². The van der Waals surface area contributed by atoms with Gasteiger partial charge < -0.3 is 15.4 Å². The van der Waals surface area contributed by atoms with E-state index in [1.54, 1.807) is 7.11 Å². The van der Waals surface area contributed by atoms with E-state index in [1.807, 2.05) is 45.0 Å². The van der Waals surface area contributed by atoms with E-state index in [1.165, 1.54) is 0 Å². The number of ether oxygens (including phenoxy) is 1. The molecule has 0 saturated carbocycles. The zero-order chi connectivity index (χ0) is 18.2. The minimum absolute atomic E-state index is 0.411. The Morgan fingerprint density at radius 2 is 1.83 bits per heavy atom. The minimum Gasteiger partial charge on any atom is -0.497 e. The van der Waals surface area contributed by atoms with Crippen molar-refractivity contribution >= 4 is 16.0 Å². The van der Waals surface area contributed by atoms with Crippen LogP contribution in [0.15, 0.2) is 29.3 Å². The normalized spacial score (nSPS) is 12.8. The molecule has 0 aliphatic carbocycles. The summed E-state index contributed by atoms with van der Waals surface area (Å²) in [6.07, 6.45) is 1.15. The molecule has 0 aromatic heterocycles. The van der Waals surface area contributed by atoms with Gasteiger partial charge in [0.05, 0.1) is 19.9 Å². The molecule has 0 aliphatic rings. The maximum atomic E-state index is 11.4. The third-order valence-electron chi connectivity index (χ3n) is 3.08. The van der Waals surface area contributed by atoms with Crippen molar-refractivity contribution in [2.24, 2.45) is 4.99 Å². The fourth-order valence-corrected chi connectivity index (χ4v) is 3.16.